The molecule has 0 aromatic rings. The Labute approximate surface area is 70.1 Å². The lowest BCUT2D eigenvalue weighted by molar-refractivity contribution is -0.109. The molecule has 2 nitrogen and oxygen atoms in total. The van der Waals surface area contributed by atoms with Gasteiger partial charge in [0, 0.05) is 13.8 Å². The second-order valence-corrected chi connectivity index (χ2v) is 3.36. The van der Waals surface area contributed by atoms with Crippen LogP contribution < -0.4 is 0 Å². The highest BCUT2D eigenvalue weighted by Gasteiger charge is 1.77. The summed E-state index contributed by atoms with van der Waals surface area (Å²) in [6.45, 7) is 3.09. The lowest BCUT2D eigenvalue weighted by atomic mass is 10.9. The molecule has 10 heavy (non-hydrogen) atoms. The predicted molar refractivity (Wildman–Crippen MR) is 48.4 cm³/mol. The van der Waals surface area contributed by atoms with Crippen molar-refractivity contribution in [1.29, 1.82) is 0 Å². The van der Waals surface area contributed by atoms with Crippen LogP contribution in [0.3, 0.4) is 0 Å². The fourth-order valence-corrected chi connectivity index (χ4v) is 0. The first-order valence-corrected chi connectivity index (χ1v) is 5.08. The van der Waals surface area contributed by atoms with Crippen LogP contribution in [-0.2, 0) is 9.59 Å². The lowest BCUT2D eigenvalue weighted by Crippen LogP contribution is -1.72. The summed E-state index contributed by atoms with van der Waals surface area (Å²) in [5, 5.41) is 0.343. The molecule has 0 aliphatic rings. The van der Waals surface area contributed by atoms with E-state index in [9.17, 15) is 9.59 Å². The SMILES string of the molecule is CSC(C)=O.CSC(C)=O. The van der Waals surface area contributed by atoms with Crippen molar-refractivity contribution >= 4 is 33.8 Å². The average molecular weight is 180 g/mol. The van der Waals surface area contributed by atoms with Crippen molar-refractivity contribution in [2.24, 2.45) is 0 Å². The summed E-state index contributed by atoms with van der Waals surface area (Å²) < 4.78 is 0. The quantitative estimate of drug-likeness (QED) is 0.569. The van der Waals surface area contributed by atoms with Gasteiger partial charge in [0.15, 0.2) is 10.2 Å². The minimum atomic E-state index is 0.171. The molecule has 0 unspecified atom stereocenters. The third-order valence-electron chi connectivity index (χ3n) is 0.575. The van der Waals surface area contributed by atoms with Gasteiger partial charge in [-0.15, -0.1) is 0 Å². The third-order valence-corrected chi connectivity index (χ3v) is 1.72. The molecule has 0 aliphatic carbocycles. The highest BCUT2D eigenvalue weighted by atomic mass is 32.2. The van der Waals surface area contributed by atoms with Crippen molar-refractivity contribution in [3.63, 3.8) is 0 Å². The summed E-state index contributed by atoms with van der Waals surface area (Å²) in [4.78, 5) is 19.6. The van der Waals surface area contributed by atoms with Gasteiger partial charge in [-0.25, -0.2) is 0 Å². The summed E-state index contributed by atoms with van der Waals surface area (Å²) in [5.74, 6) is 0. The van der Waals surface area contributed by atoms with E-state index in [0.717, 1.165) is 0 Å². The average Bonchev–Trinajstić information content (AvgIpc) is 1.89. The maximum Gasteiger partial charge on any atom is 0.185 e. The fourth-order valence-electron chi connectivity index (χ4n) is 0. The molecule has 60 valence electrons. The Kier molecular flexibility index (Phi) is 11.5. The van der Waals surface area contributed by atoms with Crippen molar-refractivity contribution in [3.05, 3.63) is 0 Å². The maximum absolute atomic E-state index is 9.78. The second kappa shape index (κ2) is 9.04. The Morgan fingerprint density at radius 3 is 1.00 bits per heavy atom. The van der Waals surface area contributed by atoms with Gasteiger partial charge in [0.25, 0.3) is 0 Å². The monoisotopic (exact) mass is 180 g/mol. The van der Waals surface area contributed by atoms with Gasteiger partial charge in [0.1, 0.15) is 0 Å². The first-order valence-electron chi connectivity index (χ1n) is 2.63. The van der Waals surface area contributed by atoms with Crippen molar-refractivity contribution < 1.29 is 9.59 Å². The van der Waals surface area contributed by atoms with E-state index >= 15 is 0 Å². The molecule has 0 N–H and O–H groups in total. The summed E-state index contributed by atoms with van der Waals surface area (Å²) in [7, 11) is 0. The van der Waals surface area contributed by atoms with E-state index in [1.807, 2.05) is 0 Å². The lowest BCUT2D eigenvalue weighted by Gasteiger charge is -1.71. The number of rotatable bonds is 0. The Hall–Kier alpha value is 0.0400. The summed E-state index contributed by atoms with van der Waals surface area (Å²) >= 11 is 2.48. The van der Waals surface area contributed by atoms with Gasteiger partial charge in [-0.1, -0.05) is 23.5 Å². The van der Waals surface area contributed by atoms with Gasteiger partial charge in [0.05, 0.1) is 0 Å². The summed E-state index contributed by atoms with van der Waals surface area (Å²) in [5.41, 5.74) is 0. The molecule has 0 aliphatic heterocycles. The summed E-state index contributed by atoms with van der Waals surface area (Å²) in [6, 6.07) is 0. The topological polar surface area (TPSA) is 34.1 Å². The van der Waals surface area contributed by atoms with Crippen molar-refractivity contribution in [3.8, 4) is 0 Å². The largest absolute Gasteiger partial charge is 0.288 e. The molecule has 0 spiro atoms. The molecule has 0 rings (SSSR count). The van der Waals surface area contributed by atoms with E-state index in [4.69, 9.17) is 0 Å². The zero-order chi connectivity index (χ0) is 8.57. The molecule has 0 fully saturated rings. The zero-order valence-corrected chi connectivity index (χ0v) is 8.27. The minimum absolute atomic E-state index is 0.171. The van der Waals surface area contributed by atoms with Gasteiger partial charge in [-0.2, -0.15) is 0 Å². The van der Waals surface area contributed by atoms with Crippen LogP contribution in [-0.4, -0.2) is 22.7 Å². The van der Waals surface area contributed by atoms with E-state index < -0.39 is 0 Å². The number of thioether (sulfide) groups is 2. The number of hydrogen-bond donors (Lipinski definition) is 0. The van der Waals surface area contributed by atoms with E-state index in [0.29, 0.717) is 0 Å². The van der Waals surface area contributed by atoms with Gasteiger partial charge in [0.2, 0.25) is 0 Å². The van der Waals surface area contributed by atoms with Crippen molar-refractivity contribution in [2.75, 3.05) is 12.5 Å². The van der Waals surface area contributed by atoms with E-state index in [1.54, 1.807) is 26.4 Å². The van der Waals surface area contributed by atoms with Crippen LogP contribution in [0.1, 0.15) is 13.8 Å². The standard InChI is InChI=1S/2C3H6OS/c2*1-3(4)5-2/h2*1-2H3. The van der Waals surface area contributed by atoms with Gasteiger partial charge < -0.3 is 0 Å². The molecule has 0 aromatic carbocycles. The normalized spacial score (nSPS) is 7.60. The Morgan fingerprint density at radius 1 is 0.900 bits per heavy atom. The van der Waals surface area contributed by atoms with Crippen LogP contribution in [0.15, 0.2) is 0 Å². The molecule has 0 saturated carbocycles. The third kappa shape index (κ3) is 24.4. The predicted octanol–water partition coefficient (Wildman–Crippen LogP) is 1.79. The van der Waals surface area contributed by atoms with Crippen LogP contribution in [0.5, 0.6) is 0 Å². The van der Waals surface area contributed by atoms with E-state index in [1.165, 1.54) is 23.5 Å². The molecular formula is C6H12O2S2. The molecule has 0 heterocycles. The molecule has 0 atom stereocenters. The van der Waals surface area contributed by atoms with Crippen LogP contribution in [0.4, 0.5) is 0 Å². The van der Waals surface area contributed by atoms with Crippen molar-refractivity contribution in [1.82, 2.24) is 0 Å². The van der Waals surface area contributed by atoms with Gasteiger partial charge in [-0.05, 0) is 12.5 Å². The van der Waals surface area contributed by atoms with E-state index in [-0.39, 0.29) is 10.2 Å². The Morgan fingerprint density at radius 2 is 1.00 bits per heavy atom. The first kappa shape index (κ1) is 12.7. The molecule has 0 saturated heterocycles. The smallest absolute Gasteiger partial charge is 0.185 e. The number of carbonyl (C=O) groups is 2. The highest BCUT2D eigenvalue weighted by Crippen LogP contribution is 1.88. The van der Waals surface area contributed by atoms with Crippen LogP contribution in [0, 0.1) is 0 Å². The summed E-state index contributed by atoms with van der Waals surface area (Å²) in [6.07, 6.45) is 3.53. The van der Waals surface area contributed by atoms with Crippen LogP contribution in [0.2, 0.25) is 0 Å². The van der Waals surface area contributed by atoms with Crippen LogP contribution in [0.25, 0.3) is 0 Å². The fraction of sp³-hybridized carbons (Fsp3) is 0.667. The van der Waals surface area contributed by atoms with Crippen LogP contribution >= 0.6 is 23.5 Å². The Balaban J connectivity index is 0. The minimum Gasteiger partial charge on any atom is -0.288 e. The first-order chi connectivity index (χ1) is 4.54. The van der Waals surface area contributed by atoms with Crippen molar-refractivity contribution in [2.45, 2.75) is 13.8 Å². The molecule has 0 radical (unpaired) electrons. The molecule has 0 amide bonds. The molecule has 4 heteroatoms. The second-order valence-electron chi connectivity index (χ2n) is 1.39. The number of carbonyl (C=O) groups excluding carboxylic acids is 2. The Bertz CT molecular complexity index is 98.3. The van der Waals surface area contributed by atoms with Gasteiger partial charge in [-0.3, -0.25) is 9.59 Å². The molecule has 0 bridgehead atoms. The van der Waals surface area contributed by atoms with E-state index in [2.05, 4.69) is 0 Å². The zero-order valence-electron chi connectivity index (χ0n) is 6.63. The number of hydrogen-bond acceptors (Lipinski definition) is 4. The van der Waals surface area contributed by atoms with Gasteiger partial charge >= 0.3 is 0 Å². The maximum atomic E-state index is 9.78. The molecular weight excluding hydrogens is 168 g/mol. The molecule has 0 aromatic heterocycles. The highest BCUT2D eigenvalue weighted by molar-refractivity contribution is 8.13.